The summed E-state index contributed by atoms with van der Waals surface area (Å²) in [7, 11) is 0. The molecule has 1 saturated carbocycles. The molecule has 0 aromatic rings. The third-order valence-electron chi connectivity index (χ3n) is 4.40. The Morgan fingerprint density at radius 1 is 1.44 bits per heavy atom. The molecule has 3 atom stereocenters. The zero-order chi connectivity index (χ0) is 12.0. The fourth-order valence-corrected chi connectivity index (χ4v) is 3.39. The van der Waals surface area contributed by atoms with Crippen molar-refractivity contribution in [3.05, 3.63) is 0 Å². The highest BCUT2D eigenvalue weighted by Crippen LogP contribution is 2.52. The second-order valence-electron chi connectivity index (χ2n) is 6.39. The third kappa shape index (κ3) is 2.02. The lowest BCUT2D eigenvalue weighted by Gasteiger charge is -2.55. The van der Waals surface area contributed by atoms with Crippen LogP contribution in [-0.2, 0) is 4.74 Å². The lowest BCUT2D eigenvalue weighted by molar-refractivity contribution is -0.112. The zero-order valence-electron chi connectivity index (χ0n) is 11.2. The van der Waals surface area contributed by atoms with Crippen LogP contribution in [0.25, 0.3) is 0 Å². The summed E-state index contributed by atoms with van der Waals surface area (Å²) in [6.07, 6.45) is 3.93. The number of rotatable bonds is 4. The summed E-state index contributed by atoms with van der Waals surface area (Å²) in [6.45, 7) is 11.3. The maximum absolute atomic E-state index is 5.81. The van der Waals surface area contributed by atoms with Crippen molar-refractivity contribution < 1.29 is 4.74 Å². The fourth-order valence-electron chi connectivity index (χ4n) is 3.17. The van der Waals surface area contributed by atoms with Crippen LogP contribution < -0.4 is 5.32 Å². The van der Waals surface area contributed by atoms with Crippen molar-refractivity contribution in [2.45, 2.75) is 51.0 Å². The van der Waals surface area contributed by atoms with Crippen molar-refractivity contribution in [3.63, 3.8) is 0 Å². The second kappa shape index (κ2) is 4.18. The minimum Gasteiger partial charge on any atom is -0.377 e. The van der Waals surface area contributed by atoms with Gasteiger partial charge in [-0.15, -0.1) is 0 Å². The highest BCUT2D eigenvalue weighted by atomic mass is 32.2. The molecule has 0 spiro atoms. The molecule has 1 heterocycles. The van der Waals surface area contributed by atoms with Crippen molar-refractivity contribution in [1.82, 2.24) is 5.32 Å². The molecule has 0 bridgehead atoms. The quantitative estimate of drug-likeness (QED) is 0.820. The van der Waals surface area contributed by atoms with Crippen LogP contribution in [0, 0.1) is 11.3 Å². The molecule has 0 radical (unpaired) electrons. The van der Waals surface area contributed by atoms with Crippen LogP contribution in [0.3, 0.4) is 0 Å². The first kappa shape index (κ1) is 12.7. The highest BCUT2D eigenvalue weighted by Gasteiger charge is 2.59. The van der Waals surface area contributed by atoms with E-state index < -0.39 is 0 Å². The Balaban J connectivity index is 1.91. The molecule has 1 aliphatic carbocycles. The van der Waals surface area contributed by atoms with Gasteiger partial charge >= 0.3 is 0 Å². The monoisotopic (exact) mass is 243 g/mol. The standard InChI is InChI=1S/C13H25NOS/c1-12(2,16-5)8-14-10-9-6-7-15-11(9)13(10,3)4/h9-11,14H,6-8H2,1-5H3. The summed E-state index contributed by atoms with van der Waals surface area (Å²) < 4.78 is 6.14. The number of hydrogen-bond acceptors (Lipinski definition) is 3. The van der Waals surface area contributed by atoms with Crippen molar-refractivity contribution in [2.75, 3.05) is 19.4 Å². The van der Waals surface area contributed by atoms with Crippen LogP contribution in [0.2, 0.25) is 0 Å². The van der Waals surface area contributed by atoms with Crippen LogP contribution in [0.5, 0.6) is 0 Å². The average Bonchev–Trinajstić information content (AvgIpc) is 2.64. The normalized spacial score (nSPS) is 36.9. The van der Waals surface area contributed by atoms with E-state index in [2.05, 4.69) is 39.3 Å². The smallest absolute Gasteiger partial charge is 0.0685 e. The topological polar surface area (TPSA) is 21.3 Å². The summed E-state index contributed by atoms with van der Waals surface area (Å²) in [4.78, 5) is 0. The van der Waals surface area contributed by atoms with Gasteiger partial charge in [0.2, 0.25) is 0 Å². The first-order valence-corrected chi connectivity index (χ1v) is 7.51. The van der Waals surface area contributed by atoms with Crippen LogP contribution in [0.4, 0.5) is 0 Å². The number of nitrogens with one attached hydrogen (secondary N) is 1. The molecule has 1 N–H and O–H groups in total. The molecule has 0 aromatic heterocycles. The second-order valence-corrected chi connectivity index (χ2v) is 7.90. The largest absolute Gasteiger partial charge is 0.377 e. The summed E-state index contributed by atoms with van der Waals surface area (Å²) >= 11 is 1.94. The first-order valence-electron chi connectivity index (χ1n) is 6.28. The van der Waals surface area contributed by atoms with E-state index in [0.29, 0.717) is 22.3 Å². The third-order valence-corrected chi connectivity index (χ3v) is 5.65. The van der Waals surface area contributed by atoms with Gasteiger partial charge in [-0.25, -0.2) is 0 Å². The SMILES string of the molecule is CSC(C)(C)CNC1C2CCOC2C1(C)C. The minimum atomic E-state index is 0.315. The van der Waals surface area contributed by atoms with Gasteiger partial charge in [-0.2, -0.15) is 11.8 Å². The lowest BCUT2D eigenvalue weighted by atomic mass is 9.57. The van der Waals surface area contributed by atoms with Gasteiger partial charge in [0, 0.05) is 35.3 Å². The van der Waals surface area contributed by atoms with Gasteiger partial charge in [-0.05, 0) is 26.5 Å². The van der Waals surface area contributed by atoms with Crippen molar-refractivity contribution in [3.8, 4) is 0 Å². The fraction of sp³-hybridized carbons (Fsp3) is 1.00. The molecule has 2 aliphatic rings. The molecule has 1 saturated heterocycles. The van der Waals surface area contributed by atoms with Gasteiger partial charge in [-0.1, -0.05) is 13.8 Å². The van der Waals surface area contributed by atoms with E-state index in [9.17, 15) is 0 Å². The van der Waals surface area contributed by atoms with Gasteiger partial charge in [0.25, 0.3) is 0 Å². The predicted molar refractivity (Wildman–Crippen MR) is 71.0 cm³/mol. The Labute approximate surface area is 104 Å². The van der Waals surface area contributed by atoms with Gasteiger partial charge in [0.1, 0.15) is 0 Å². The summed E-state index contributed by atoms with van der Waals surface area (Å²) in [5.41, 5.74) is 0.315. The highest BCUT2D eigenvalue weighted by molar-refractivity contribution is 7.99. The maximum atomic E-state index is 5.81. The molecule has 16 heavy (non-hydrogen) atoms. The Morgan fingerprint density at radius 2 is 2.12 bits per heavy atom. The Hall–Kier alpha value is 0.270. The number of hydrogen-bond donors (Lipinski definition) is 1. The van der Waals surface area contributed by atoms with Gasteiger partial charge in [-0.3, -0.25) is 0 Å². The minimum absolute atomic E-state index is 0.315. The number of thioether (sulfide) groups is 1. The summed E-state index contributed by atoms with van der Waals surface area (Å²) in [5.74, 6) is 0.757. The Kier molecular flexibility index (Phi) is 3.32. The van der Waals surface area contributed by atoms with Gasteiger partial charge in [0.15, 0.2) is 0 Å². The van der Waals surface area contributed by atoms with Crippen molar-refractivity contribution >= 4 is 11.8 Å². The zero-order valence-corrected chi connectivity index (χ0v) is 12.0. The molecular formula is C13H25NOS. The molecule has 3 unspecified atom stereocenters. The maximum Gasteiger partial charge on any atom is 0.0685 e. The number of ether oxygens (including phenoxy) is 1. The first-order chi connectivity index (χ1) is 7.38. The molecular weight excluding hydrogens is 218 g/mol. The van der Waals surface area contributed by atoms with E-state index in [0.717, 1.165) is 19.1 Å². The van der Waals surface area contributed by atoms with Crippen molar-refractivity contribution in [2.24, 2.45) is 11.3 Å². The van der Waals surface area contributed by atoms with E-state index in [-0.39, 0.29) is 0 Å². The number of fused-ring (bicyclic) bond motifs is 1. The van der Waals surface area contributed by atoms with Crippen LogP contribution in [0.15, 0.2) is 0 Å². The summed E-state index contributed by atoms with van der Waals surface area (Å²) in [6, 6.07) is 0.645. The van der Waals surface area contributed by atoms with Crippen LogP contribution >= 0.6 is 11.8 Å². The van der Waals surface area contributed by atoms with E-state index in [4.69, 9.17) is 4.74 Å². The van der Waals surface area contributed by atoms with E-state index in [1.165, 1.54) is 6.42 Å². The molecule has 0 aromatic carbocycles. The van der Waals surface area contributed by atoms with Crippen LogP contribution in [0.1, 0.15) is 34.1 Å². The molecule has 0 amide bonds. The van der Waals surface area contributed by atoms with E-state index in [1.54, 1.807) is 0 Å². The van der Waals surface area contributed by atoms with Gasteiger partial charge < -0.3 is 10.1 Å². The molecule has 1 aliphatic heterocycles. The van der Waals surface area contributed by atoms with Crippen molar-refractivity contribution in [1.29, 1.82) is 0 Å². The van der Waals surface area contributed by atoms with Gasteiger partial charge in [0.05, 0.1) is 6.10 Å². The Bertz CT molecular complexity index is 265. The summed E-state index contributed by atoms with van der Waals surface area (Å²) in [5, 5.41) is 3.77. The molecule has 3 heteroatoms. The predicted octanol–water partition coefficient (Wildman–Crippen LogP) is 2.53. The lowest BCUT2D eigenvalue weighted by Crippen LogP contribution is -2.66. The molecule has 2 rings (SSSR count). The average molecular weight is 243 g/mol. The van der Waals surface area contributed by atoms with E-state index in [1.807, 2.05) is 11.8 Å². The molecule has 2 fully saturated rings. The van der Waals surface area contributed by atoms with Crippen LogP contribution in [-0.4, -0.2) is 36.3 Å². The Morgan fingerprint density at radius 3 is 2.75 bits per heavy atom. The molecule has 94 valence electrons. The van der Waals surface area contributed by atoms with E-state index >= 15 is 0 Å². The molecule has 2 nitrogen and oxygen atoms in total.